The van der Waals surface area contributed by atoms with Crippen molar-refractivity contribution in [1.29, 1.82) is 0 Å². The third-order valence-electron chi connectivity index (χ3n) is 2.45. The molecule has 1 aromatic carbocycles. The lowest BCUT2D eigenvalue weighted by Gasteiger charge is -2.03. The van der Waals surface area contributed by atoms with Crippen LogP contribution in [0, 0.1) is 0 Å². The number of carbonyl (C=O) groups excluding carboxylic acids is 1. The van der Waals surface area contributed by atoms with E-state index in [-0.39, 0.29) is 5.70 Å². The van der Waals surface area contributed by atoms with Crippen LogP contribution in [0.3, 0.4) is 0 Å². The maximum absolute atomic E-state index is 11.5. The number of hydrogen-bond acceptors (Lipinski definition) is 4. The first-order valence-corrected chi connectivity index (χ1v) is 5.86. The van der Waals surface area contributed by atoms with Gasteiger partial charge in [0, 0.05) is 6.42 Å². The van der Waals surface area contributed by atoms with Crippen LogP contribution >= 0.6 is 11.6 Å². The number of cyclic esters (lactones) is 1. The van der Waals surface area contributed by atoms with Crippen molar-refractivity contribution in [3.63, 3.8) is 0 Å². The van der Waals surface area contributed by atoms with Gasteiger partial charge in [-0.1, -0.05) is 24.6 Å². The van der Waals surface area contributed by atoms with Crippen molar-refractivity contribution >= 4 is 29.5 Å². The maximum atomic E-state index is 11.5. The largest absolute Gasteiger partial charge is 0.495 e. The highest BCUT2D eigenvalue weighted by atomic mass is 35.5. The molecule has 0 aliphatic carbocycles. The molecule has 1 aromatic rings. The second kappa shape index (κ2) is 5.23. The molecular formula is C13H12ClNO3. The van der Waals surface area contributed by atoms with Gasteiger partial charge < -0.3 is 9.47 Å². The fourth-order valence-electron chi connectivity index (χ4n) is 1.53. The predicted molar refractivity (Wildman–Crippen MR) is 69.8 cm³/mol. The Bertz CT molecular complexity index is 549. The van der Waals surface area contributed by atoms with Crippen LogP contribution in [0.5, 0.6) is 5.75 Å². The number of benzene rings is 1. The minimum Gasteiger partial charge on any atom is -0.495 e. The summed E-state index contributed by atoms with van der Waals surface area (Å²) in [5, 5.41) is 0.484. The first-order valence-electron chi connectivity index (χ1n) is 5.49. The lowest BCUT2D eigenvalue weighted by molar-refractivity contribution is -0.130. The fraction of sp³-hybridized carbons (Fsp3) is 0.231. The zero-order valence-electron chi connectivity index (χ0n) is 10.1. The molecule has 0 spiro atoms. The Kier molecular flexibility index (Phi) is 3.67. The average molecular weight is 266 g/mol. The van der Waals surface area contributed by atoms with Gasteiger partial charge >= 0.3 is 5.97 Å². The predicted octanol–water partition coefficient (Wildman–Crippen LogP) is 3.05. The number of nitrogens with zero attached hydrogens (tertiary/aromatic N) is 1. The zero-order chi connectivity index (χ0) is 13.1. The Hall–Kier alpha value is -1.81. The second-order valence-corrected chi connectivity index (χ2v) is 4.08. The number of carbonyl (C=O) groups is 1. The molecule has 5 heteroatoms. The summed E-state index contributed by atoms with van der Waals surface area (Å²) in [6.45, 7) is 1.87. The van der Waals surface area contributed by atoms with Crippen molar-refractivity contribution in [2.24, 2.45) is 4.99 Å². The molecule has 4 nitrogen and oxygen atoms in total. The van der Waals surface area contributed by atoms with E-state index in [1.165, 1.54) is 0 Å². The third-order valence-corrected chi connectivity index (χ3v) is 2.74. The molecule has 0 amide bonds. The SMILES string of the molecule is CCC1=N/C(=C/c2ccc(OC)c(Cl)c2)C(=O)O1. The summed E-state index contributed by atoms with van der Waals surface area (Å²) in [5.41, 5.74) is 1.06. The minimum absolute atomic E-state index is 0.285. The summed E-state index contributed by atoms with van der Waals surface area (Å²) < 4.78 is 10.0. The molecule has 1 aliphatic heterocycles. The standard InChI is InChI=1S/C13H12ClNO3/c1-3-12-15-10(13(16)18-12)7-8-4-5-11(17-2)9(14)6-8/h4-7H,3H2,1-2H3/b10-7+. The molecule has 0 bridgehead atoms. The summed E-state index contributed by atoms with van der Waals surface area (Å²) in [6, 6.07) is 5.24. The fourth-order valence-corrected chi connectivity index (χ4v) is 1.80. The molecule has 0 N–H and O–H groups in total. The molecule has 18 heavy (non-hydrogen) atoms. The van der Waals surface area contributed by atoms with E-state index in [4.69, 9.17) is 21.1 Å². The first-order chi connectivity index (χ1) is 8.63. The van der Waals surface area contributed by atoms with Crippen LogP contribution in [-0.4, -0.2) is 19.0 Å². The highest BCUT2D eigenvalue weighted by molar-refractivity contribution is 6.32. The lowest BCUT2D eigenvalue weighted by Crippen LogP contribution is -2.02. The van der Waals surface area contributed by atoms with Crippen molar-refractivity contribution < 1.29 is 14.3 Å². The summed E-state index contributed by atoms with van der Waals surface area (Å²) in [5.74, 6) is 0.593. The Morgan fingerprint density at radius 2 is 2.28 bits per heavy atom. The number of rotatable bonds is 3. The molecule has 1 heterocycles. The van der Waals surface area contributed by atoms with E-state index >= 15 is 0 Å². The summed E-state index contributed by atoms with van der Waals surface area (Å²) >= 11 is 6.00. The van der Waals surface area contributed by atoms with Gasteiger partial charge in [-0.2, -0.15) is 0 Å². The molecule has 0 saturated heterocycles. The molecule has 0 aromatic heterocycles. The first kappa shape index (κ1) is 12.6. The van der Waals surface area contributed by atoms with E-state index in [0.717, 1.165) is 5.56 Å². The Labute approximate surface area is 110 Å². The van der Waals surface area contributed by atoms with E-state index in [9.17, 15) is 4.79 Å². The van der Waals surface area contributed by atoms with Crippen molar-refractivity contribution in [2.45, 2.75) is 13.3 Å². The van der Waals surface area contributed by atoms with Gasteiger partial charge in [-0.3, -0.25) is 0 Å². The highest BCUT2D eigenvalue weighted by Crippen LogP contribution is 2.26. The van der Waals surface area contributed by atoms with E-state index in [0.29, 0.717) is 23.1 Å². The van der Waals surface area contributed by atoms with Crippen LogP contribution in [0.25, 0.3) is 6.08 Å². The zero-order valence-corrected chi connectivity index (χ0v) is 10.8. The summed E-state index contributed by atoms with van der Waals surface area (Å²) in [6.07, 6.45) is 2.22. The van der Waals surface area contributed by atoms with Gasteiger partial charge in [0.15, 0.2) is 11.6 Å². The molecule has 1 aliphatic rings. The Morgan fingerprint density at radius 1 is 1.50 bits per heavy atom. The Balaban J connectivity index is 2.31. The molecule has 2 rings (SSSR count). The van der Waals surface area contributed by atoms with Crippen molar-refractivity contribution in [3.8, 4) is 5.75 Å². The van der Waals surface area contributed by atoms with Gasteiger partial charge in [-0.15, -0.1) is 0 Å². The van der Waals surface area contributed by atoms with Gasteiger partial charge in [-0.05, 0) is 23.8 Å². The number of methoxy groups -OCH3 is 1. The number of aliphatic imine (C=N–C) groups is 1. The van der Waals surface area contributed by atoms with Gasteiger partial charge in [0.25, 0.3) is 0 Å². The summed E-state index contributed by atoms with van der Waals surface area (Å²) in [4.78, 5) is 15.6. The van der Waals surface area contributed by atoms with Gasteiger partial charge in [0.2, 0.25) is 0 Å². The highest BCUT2D eigenvalue weighted by Gasteiger charge is 2.21. The van der Waals surface area contributed by atoms with E-state index in [1.807, 2.05) is 6.92 Å². The van der Waals surface area contributed by atoms with E-state index < -0.39 is 5.97 Å². The van der Waals surface area contributed by atoms with Gasteiger partial charge in [0.05, 0.1) is 12.1 Å². The molecule has 0 radical (unpaired) electrons. The Morgan fingerprint density at radius 3 is 2.83 bits per heavy atom. The van der Waals surface area contributed by atoms with Crippen molar-refractivity contribution in [1.82, 2.24) is 0 Å². The lowest BCUT2D eigenvalue weighted by atomic mass is 10.2. The van der Waals surface area contributed by atoms with Gasteiger partial charge in [-0.25, -0.2) is 9.79 Å². The van der Waals surface area contributed by atoms with Gasteiger partial charge in [0.1, 0.15) is 5.75 Å². The second-order valence-electron chi connectivity index (χ2n) is 3.67. The van der Waals surface area contributed by atoms with Crippen LogP contribution in [0.4, 0.5) is 0 Å². The number of halogens is 1. The smallest absolute Gasteiger partial charge is 0.363 e. The van der Waals surface area contributed by atoms with Crippen LogP contribution in [-0.2, 0) is 9.53 Å². The quantitative estimate of drug-likeness (QED) is 0.623. The van der Waals surface area contributed by atoms with Crippen molar-refractivity contribution in [2.75, 3.05) is 7.11 Å². The maximum Gasteiger partial charge on any atom is 0.363 e. The van der Waals surface area contributed by atoms with Crippen molar-refractivity contribution in [3.05, 3.63) is 34.5 Å². The molecule has 0 unspecified atom stereocenters. The van der Waals surface area contributed by atoms with Crippen LogP contribution in [0.1, 0.15) is 18.9 Å². The normalized spacial score (nSPS) is 16.7. The monoisotopic (exact) mass is 265 g/mol. The number of esters is 1. The van der Waals surface area contributed by atoms with Crippen LogP contribution < -0.4 is 4.74 Å². The number of ether oxygens (including phenoxy) is 2. The molecule has 0 atom stereocenters. The molecule has 94 valence electrons. The van der Waals surface area contributed by atoms with E-state index in [2.05, 4.69) is 4.99 Å². The summed E-state index contributed by atoms with van der Waals surface area (Å²) in [7, 11) is 1.55. The van der Waals surface area contributed by atoms with E-state index in [1.54, 1.807) is 31.4 Å². The number of hydrogen-bond donors (Lipinski definition) is 0. The van der Waals surface area contributed by atoms with Crippen LogP contribution in [0.2, 0.25) is 5.02 Å². The average Bonchev–Trinajstić information content (AvgIpc) is 2.70. The minimum atomic E-state index is -0.432. The molecule has 0 fully saturated rings. The molecule has 0 saturated carbocycles. The molecular weight excluding hydrogens is 254 g/mol. The topological polar surface area (TPSA) is 47.9 Å². The van der Waals surface area contributed by atoms with Crippen LogP contribution in [0.15, 0.2) is 28.9 Å². The third kappa shape index (κ3) is 2.54.